The first kappa shape index (κ1) is 14.1. The van der Waals surface area contributed by atoms with Crippen molar-refractivity contribution < 1.29 is 19.8 Å². The van der Waals surface area contributed by atoms with Crippen molar-refractivity contribution >= 4 is 12.0 Å². The van der Waals surface area contributed by atoms with Crippen LogP contribution in [0.5, 0.6) is 0 Å². The number of hydrogen-bond donors (Lipinski definition) is 2. The molecule has 0 aromatic rings. The second-order valence-electron chi connectivity index (χ2n) is 5.89. The lowest BCUT2D eigenvalue weighted by atomic mass is 9.96. The summed E-state index contributed by atoms with van der Waals surface area (Å²) in [4.78, 5) is 26.6. The maximum absolute atomic E-state index is 12.3. The standard InChI is InChI=1S/C13H22N2O4/c1-8-3-4-14(7-11(8)16)13(19)15-5-9(2)10(6-15)12(17)18/h8-11,16H,3-7H2,1-2H3,(H,17,18)/t8?,9-,10-,11?/m1/s1. The van der Waals surface area contributed by atoms with Gasteiger partial charge in [-0.1, -0.05) is 13.8 Å². The molecule has 2 rings (SSSR count). The smallest absolute Gasteiger partial charge is 0.320 e. The molecular formula is C13H22N2O4. The van der Waals surface area contributed by atoms with Gasteiger partial charge in [0.2, 0.25) is 0 Å². The van der Waals surface area contributed by atoms with E-state index in [9.17, 15) is 14.7 Å². The number of hydrogen-bond acceptors (Lipinski definition) is 3. The van der Waals surface area contributed by atoms with E-state index in [1.165, 1.54) is 0 Å². The Morgan fingerprint density at radius 3 is 2.26 bits per heavy atom. The third-order valence-corrected chi connectivity index (χ3v) is 4.39. The van der Waals surface area contributed by atoms with E-state index in [0.29, 0.717) is 19.6 Å². The number of β-amino-alcohol motifs (C(OH)–C–C–N with tert-alkyl or cyclic N) is 1. The van der Waals surface area contributed by atoms with Crippen LogP contribution in [0.4, 0.5) is 4.79 Å². The van der Waals surface area contributed by atoms with Gasteiger partial charge in [0.05, 0.1) is 12.0 Å². The molecule has 2 aliphatic heterocycles. The van der Waals surface area contributed by atoms with Crippen LogP contribution in [-0.2, 0) is 4.79 Å². The lowest BCUT2D eigenvalue weighted by molar-refractivity contribution is -0.142. The van der Waals surface area contributed by atoms with Crippen LogP contribution in [0.25, 0.3) is 0 Å². The normalized spacial score (nSPS) is 35.5. The number of aliphatic hydroxyl groups is 1. The van der Waals surface area contributed by atoms with Crippen LogP contribution in [0.3, 0.4) is 0 Å². The lowest BCUT2D eigenvalue weighted by Crippen LogP contribution is -2.50. The second-order valence-corrected chi connectivity index (χ2v) is 5.89. The molecule has 0 aliphatic carbocycles. The molecule has 0 saturated carbocycles. The van der Waals surface area contributed by atoms with E-state index < -0.39 is 18.0 Å². The van der Waals surface area contributed by atoms with Crippen molar-refractivity contribution in [2.45, 2.75) is 26.4 Å². The number of aliphatic carboxylic acids is 1. The number of urea groups is 1. The monoisotopic (exact) mass is 270 g/mol. The lowest BCUT2D eigenvalue weighted by Gasteiger charge is -2.36. The second kappa shape index (κ2) is 5.36. The zero-order valence-corrected chi connectivity index (χ0v) is 11.5. The predicted molar refractivity (Wildman–Crippen MR) is 68.6 cm³/mol. The van der Waals surface area contributed by atoms with Gasteiger partial charge < -0.3 is 20.0 Å². The van der Waals surface area contributed by atoms with Gasteiger partial charge >= 0.3 is 12.0 Å². The number of carbonyl (C=O) groups is 2. The highest BCUT2D eigenvalue weighted by Crippen LogP contribution is 2.25. The molecule has 108 valence electrons. The SMILES string of the molecule is CC1CCN(C(=O)N2C[C@@H](C)[C@H](C(=O)O)C2)CC1O. The van der Waals surface area contributed by atoms with Gasteiger partial charge in [-0.05, 0) is 18.3 Å². The zero-order chi connectivity index (χ0) is 14.2. The Hall–Kier alpha value is -1.30. The first-order chi connectivity index (χ1) is 8.90. The van der Waals surface area contributed by atoms with Crippen molar-refractivity contribution in [1.29, 1.82) is 0 Å². The third kappa shape index (κ3) is 2.83. The van der Waals surface area contributed by atoms with Gasteiger partial charge in [0, 0.05) is 26.2 Å². The topological polar surface area (TPSA) is 81.1 Å². The van der Waals surface area contributed by atoms with Crippen LogP contribution in [0.15, 0.2) is 0 Å². The van der Waals surface area contributed by atoms with E-state index in [2.05, 4.69) is 0 Å². The van der Waals surface area contributed by atoms with E-state index in [0.717, 1.165) is 6.42 Å². The molecule has 2 fully saturated rings. The van der Waals surface area contributed by atoms with Crippen molar-refractivity contribution in [2.75, 3.05) is 26.2 Å². The summed E-state index contributed by atoms with van der Waals surface area (Å²) in [5.41, 5.74) is 0. The molecule has 2 unspecified atom stereocenters. The molecule has 0 spiro atoms. The molecule has 6 nitrogen and oxygen atoms in total. The predicted octanol–water partition coefficient (Wildman–Crippen LogP) is 0.462. The highest BCUT2D eigenvalue weighted by molar-refractivity contribution is 5.78. The van der Waals surface area contributed by atoms with Crippen molar-refractivity contribution in [3.05, 3.63) is 0 Å². The Balaban J connectivity index is 1.96. The quantitative estimate of drug-likeness (QED) is 0.725. The van der Waals surface area contributed by atoms with Gasteiger partial charge in [-0.2, -0.15) is 0 Å². The van der Waals surface area contributed by atoms with E-state index in [1.54, 1.807) is 9.80 Å². The fourth-order valence-electron chi connectivity index (χ4n) is 2.87. The van der Waals surface area contributed by atoms with E-state index in [1.807, 2.05) is 13.8 Å². The number of likely N-dealkylation sites (tertiary alicyclic amines) is 2. The summed E-state index contributed by atoms with van der Waals surface area (Å²) in [5.74, 6) is -1.11. The van der Waals surface area contributed by atoms with Gasteiger partial charge in [0.15, 0.2) is 0 Å². The Morgan fingerprint density at radius 2 is 1.74 bits per heavy atom. The Kier molecular flexibility index (Phi) is 3.99. The van der Waals surface area contributed by atoms with Crippen molar-refractivity contribution in [3.8, 4) is 0 Å². The minimum Gasteiger partial charge on any atom is -0.481 e. The molecule has 0 bridgehead atoms. The summed E-state index contributed by atoms with van der Waals surface area (Å²) in [5, 5.41) is 18.9. The van der Waals surface area contributed by atoms with E-state index in [-0.39, 0.29) is 24.4 Å². The number of aliphatic hydroxyl groups excluding tert-OH is 1. The number of amides is 2. The van der Waals surface area contributed by atoms with Crippen LogP contribution < -0.4 is 0 Å². The van der Waals surface area contributed by atoms with E-state index in [4.69, 9.17) is 5.11 Å². The molecule has 2 aliphatic rings. The van der Waals surface area contributed by atoms with Crippen LogP contribution in [0, 0.1) is 17.8 Å². The Bertz CT molecular complexity index is 374. The van der Waals surface area contributed by atoms with Gasteiger partial charge in [-0.15, -0.1) is 0 Å². The molecule has 0 aromatic carbocycles. The summed E-state index contributed by atoms with van der Waals surface area (Å²) in [6, 6.07) is -0.137. The number of carboxylic acids is 1. The highest BCUT2D eigenvalue weighted by Gasteiger charge is 2.39. The number of carboxylic acid groups (broad SMARTS) is 1. The average molecular weight is 270 g/mol. The molecule has 2 amide bonds. The van der Waals surface area contributed by atoms with Crippen molar-refractivity contribution in [2.24, 2.45) is 17.8 Å². The van der Waals surface area contributed by atoms with Crippen molar-refractivity contribution in [1.82, 2.24) is 9.80 Å². The zero-order valence-electron chi connectivity index (χ0n) is 11.5. The fourth-order valence-corrected chi connectivity index (χ4v) is 2.87. The summed E-state index contributed by atoms with van der Waals surface area (Å²) >= 11 is 0. The van der Waals surface area contributed by atoms with E-state index >= 15 is 0 Å². The molecule has 0 aromatic heterocycles. The third-order valence-electron chi connectivity index (χ3n) is 4.39. The maximum atomic E-state index is 12.3. The van der Waals surface area contributed by atoms with Crippen LogP contribution in [0.1, 0.15) is 20.3 Å². The van der Waals surface area contributed by atoms with Crippen LogP contribution in [-0.4, -0.2) is 64.3 Å². The average Bonchev–Trinajstić information content (AvgIpc) is 2.74. The number of nitrogens with zero attached hydrogens (tertiary/aromatic N) is 2. The largest absolute Gasteiger partial charge is 0.481 e. The maximum Gasteiger partial charge on any atom is 0.320 e. The minimum absolute atomic E-state index is 0.0184. The van der Waals surface area contributed by atoms with Gasteiger partial charge in [0.25, 0.3) is 0 Å². The highest BCUT2D eigenvalue weighted by atomic mass is 16.4. The molecule has 19 heavy (non-hydrogen) atoms. The fraction of sp³-hybridized carbons (Fsp3) is 0.846. The van der Waals surface area contributed by atoms with Gasteiger partial charge in [-0.25, -0.2) is 4.79 Å². The van der Waals surface area contributed by atoms with Gasteiger partial charge in [0.1, 0.15) is 0 Å². The number of piperidine rings is 1. The summed E-state index contributed by atoms with van der Waals surface area (Å²) in [6.45, 7) is 5.59. The molecule has 2 saturated heterocycles. The minimum atomic E-state index is -0.838. The Labute approximate surface area is 113 Å². The summed E-state index contributed by atoms with van der Waals surface area (Å²) < 4.78 is 0. The first-order valence-electron chi connectivity index (χ1n) is 6.85. The van der Waals surface area contributed by atoms with Gasteiger partial charge in [-0.3, -0.25) is 4.79 Å². The molecule has 4 atom stereocenters. The number of rotatable bonds is 1. The van der Waals surface area contributed by atoms with Crippen molar-refractivity contribution in [3.63, 3.8) is 0 Å². The first-order valence-corrected chi connectivity index (χ1v) is 6.85. The summed E-state index contributed by atoms with van der Waals surface area (Å²) in [7, 11) is 0. The molecule has 0 radical (unpaired) electrons. The Morgan fingerprint density at radius 1 is 1.05 bits per heavy atom. The van der Waals surface area contributed by atoms with Crippen LogP contribution in [0.2, 0.25) is 0 Å². The molecule has 2 heterocycles. The molecule has 6 heteroatoms. The summed E-state index contributed by atoms with van der Waals surface area (Å²) in [6.07, 6.45) is 0.312. The molecular weight excluding hydrogens is 248 g/mol. The molecule has 2 N–H and O–H groups in total. The van der Waals surface area contributed by atoms with Crippen LogP contribution >= 0.6 is 0 Å². The number of carbonyl (C=O) groups excluding carboxylic acids is 1.